The molecule has 160 valence electrons. The third kappa shape index (κ3) is 3.62. The van der Waals surface area contributed by atoms with Crippen LogP contribution in [-0.2, 0) is 7.05 Å². The van der Waals surface area contributed by atoms with Gasteiger partial charge in [-0.1, -0.05) is 48.0 Å². The fraction of sp³-hybridized carbons (Fsp3) is 0.0714. The molecule has 3 nitrogen and oxygen atoms in total. The Morgan fingerprint density at radius 1 is 0.818 bits per heavy atom. The predicted molar refractivity (Wildman–Crippen MR) is 140 cm³/mol. The maximum Gasteiger partial charge on any atom is 0.124 e. The van der Waals surface area contributed by atoms with E-state index in [-0.39, 0.29) is 0 Å². The molecule has 0 saturated heterocycles. The highest BCUT2D eigenvalue weighted by Crippen LogP contribution is 2.39. The van der Waals surface area contributed by atoms with Crippen molar-refractivity contribution in [3.05, 3.63) is 95.6 Å². The summed E-state index contributed by atoms with van der Waals surface area (Å²) in [5.74, 6) is 0. The third-order valence-corrected chi connectivity index (χ3v) is 7.38. The molecule has 0 aliphatic heterocycles. The van der Waals surface area contributed by atoms with Gasteiger partial charge >= 0.3 is 0 Å². The number of benzene rings is 4. The Labute approximate surface area is 200 Å². The van der Waals surface area contributed by atoms with E-state index in [4.69, 9.17) is 16.6 Å². The summed E-state index contributed by atoms with van der Waals surface area (Å²) >= 11 is 7.85. The van der Waals surface area contributed by atoms with Crippen molar-refractivity contribution in [3.8, 4) is 32.8 Å². The van der Waals surface area contributed by atoms with Gasteiger partial charge in [-0.15, -0.1) is 11.3 Å². The molecule has 0 aliphatic carbocycles. The van der Waals surface area contributed by atoms with Gasteiger partial charge in [0.05, 0.1) is 21.9 Å². The maximum atomic E-state index is 6.12. The fourth-order valence-electron chi connectivity index (χ4n) is 4.32. The lowest BCUT2D eigenvalue weighted by Gasteiger charge is -2.05. The predicted octanol–water partition coefficient (Wildman–Crippen LogP) is 8.15. The molecular weight excluding hydrogens is 446 g/mol. The number of aromatic nitrogens is 3. The zero-order valence-corrected chi connectivity index (χ0v) is 19.8. The molecule has 0 N–H and O–H groups in total. The van der Waals surface area contributed by atoms with Crippen molar-refractivity contribution in [3.63, 3.8) is 0 Å². The van der Waals surface area contributed by atoms with E-state index in [2.05, 4.69) is 78.8 Å². The Morgan fingerprint density at radius 3 is 2.42 bits per heavy atom. The molecule has 0 amide bonds. The lowest BCUT2D eigenvalue weighted by atomic mass is 10.0. The summed E-state index contributed by atoms with van der Waals surface area (Å²) in [7, 11) is 1.97. The van der Waals surface area contributed by atoms with Crippen molar-refractivity contribution in [2.24, 2.45) is 7.05 Å². The normalized spacial score (nSPS) is 11.5. The highest BCUT2D eigenvalue weighted by atomic mass is 35.5. The zero-order valence-electron chi connectivity index (χ0n) is 18.2. The molecule has 0 saturated carbocycles. The number of fused-ring (bicyclic) bond motifs is 2. The molecule has 2 heterocycles. The molecule has 0 unspecified atom stereocenters. The lowest BCUT2D eigenvalue weighted by molar-refractivity contribution is 0.797. The van der Waals surface area contributed by atoms with Crippen LogP contribution in [0.1, 0.15) is 5.56 Å². The topological polar surface area (TPSA) is 30.7 Å². The summed E-state index contributed by atoms with van der Waals surface area (Å²) in [6.07, 6.45) is 1.91. The average Bonchev–Trinajstić information content (AvgIpc) is 3.42. The zero-order chi connectivity index (χ0) is 22.5. The molecule has 0 aliphatic rings. The third-order valence-electron chi connectivity index (χ3n) is 5.98. The Balaban J connectivity index is 1.45. The number of hydrogen-bond acceptors (Lipinski definition) is 3. The van der Waals surface area contributed by atoms with Gasteiger partial charge in [0, 0.05) is 28.6 Å². The molecular formula is C28H20ClN3S. The van der Waals surface area contributed by atoms with E-state index in [0.29, 0.717) is 0 Å². The summed E-state index contributed by atoms with van der Waals surface area (Å²) in [4.78, 5) is 5.01. The first-order valence-corrected chi connectivity index (χ1v) is 11.9. The number of hydrogen-bond donors (Lipinski definition) is 0. The standard InChI is InChI=1S/C28H20ClN3S/c1-17-12-24(18-6-9-23(29)10-7-18)27-25(13-17)31-28(33-27)21-5-3-4-19(14-21)20-8-11-26-22(15-20)16-30-32(26)2/h3-16H,1-2H3. The van der Waals surface area contributed by atoms with Gasteiger partial charge in [0.25, 0.3) is 0 Å². The van der Waals surface area contributed by atoms with Gasteiger partial charge in [-0.05, 0) is 71.6 Å². The van der Waals surface area contributed by atoms with Crippen LogP contribution in [-0.4, -0.2) is 14.8 Å². The summed E-state index contributed by atoms with van der Waals surface area (Å²) in [5.41, 5.74) is 9.18. The van der Waals surface area contributed by atoms with Gasteiger partial charge < -0.3 is 0 Å². The molecule has 6 rings (SSSR count). The number of rotatable bonds is 3. The summed E-state index contributed by atoms with van der Waals surface area (Å²) in [6.45, 7) is 2.12. The molecule has 0 fully saturated rings. The Bertz CT molecular complexity index is 1640. The highest BCUT2D eigenvalue weighted by Gasteiger charge is 2.13. The Kier molecular flexibility index (Phi) is 4.79. The first-order valence-electron chi connectivity index (χ1n) is 10.7. The van der Waals surface area contributed by atoms with E-state index in [0.717, 1.165) is 37.6 Å². The van der Waals surface area contributed by atoms with Gasteiger partial charge in [0.1, 0.15) is 5.01 Å². The summed E-state index contributed by atoms with van der Waals surface area (Å²) in [5, 5.41) is 7.28. The first-order chi connectivity index (χ1) is 16.0. The molecule has 4 aromatic carbocycles. The number of aryl methyl sites for hydroxylation is 2. The van der Waals surface area contributed by atoms with E-state index < -0.39 is 0 Å². The van der Waals surface area contributed by atoms with Crippen molar-refractivity contribution in [2.45, 2.75) is 6.92 Å². The van der Waals surface area contributed by atoms with Crippen molar-refractivity contribution < 1.29 is 0 Å². The van der Waals surface area contributed by atoms with E-state index in [1.165, 1.54) is 27.0 Å². The second-order valence-corrected chi connectivity index (χ2v) is 9.74. The minimum absolute atomic E-state index is 0.744. The molecule has 0 bridgehead atoms. The highest BCUT2D eigenvalue weighted by molar-refractivity contribution is 7.22. The van der Waals surface area contributed by atoms with Gasteiger partial charge in [0.2, 0.25) is 0 Å². The van der Waals surface area contributed by atoms with Crippen molar-refractivity contribution in [2.75, 3.05) is 0 Å². The molecule has 0 spiro atoms. The van der Waals surface area contributed by atoms with Crippen LogP contribution in [0.2, 0.25) is 5.02 Å². The molecule has 0 atom stereocenters. The second-order valence-electron chi connectivity index (χ2n) is 8.31. The van der Waals surface area contributed by atoms with Gasteiger partial charge in [0.15, 0.2) is 0 Å². The lowest BCUT2D eigenvalue weighted by Crippen LogP contribution is -1.88. The van der Waals surface area contributed by atoms with Crippen LogP contribution < -0.4 is 0 Å². The molecule has 0 radical (unpaired) electrons. The van der Waals surface area contributed by atoms with E-state index in [1.807, 2.05) is 30.1 Å². The van der Waals surface area contributed by atoms with Crippen LogP contribution in [0.25, 0.3) is 53.9 Å². The number of nitrogens with zero attached hydrogens (tertiary/aromatic N) is 3. The van der Waals surface area contributed by atoms with Gasteiger partial charge in [-0.2, -0.15) is 5.10 Å². The van der Waals surface area contributed by atoms with E-state index in [9.17, 15) is 0 Å². The van der Waals surface area contributed by atoms with E-state index >= 15 is 0 Å². The average molecular weight is 466 g/mol. The largest absolute Gasteiger partial charge is 0.268 e. The van der Waals surface area contributed by atoms with Crippen molar-refractivity contribution >= 4 is 44.1 Å². The smallest absolute Gasteiger partial charge is 0.124 e. The molecule has 2 aromatic heterocycles. The molecule has 33 heavy (non-hydrogen) atoms. The first kappa shape index (κ1) is 20.2. The van der Waals surface area contributed by atoms with Crippen molar-refractivity contribution in [1.82, 2.24) is 14.8 Å². The Morgan fingerprint density at radius 2 is 1.58 bits per heavy atom. The van der Waals surface area contributed by atoms with Crippen LogP contribution in [0, 0.1) is 6.92 Å². The van der Waals surface area contributed by atoms with Crippen LogP contribution in [0.4, 0.5) is 0 Å². The van der Waals surface area contributed by atoms with E-state index in [1.54, 1.807) is 11.3 Å². The fourth-order valence-corrected chi connectivity index (χ4v) is 5.52. The summed E-state index contributed by atoms with van der Waals surface area (Å²) < 4.78 is 3.09. The molecule has 5 heteroatoms. The maximum absolute atomic E-state index is 6.12. The molecule has 6 aromatic rings. The van der Waals surface area contributed by atoms with Gasteiger partial charge in [-0.3, -0.25) is 4.68 Å². The number of halogens is 1. The Hall–Kier alpha value is -3.47. The minimum atomic E-state index is 0.744. The monoisotopic (exact) mass is 465 g/mol. The SMILES string of the molecule is Cc1cc(-c2ccc(Cl)cc2)c2sc(-c3cccc(-c4ccc5c(cnn5C)c4)c3)nc2c1. The van der Waals surface area contributed by atoms with Crippen LogP contribution in [0.15, 0.2) is 85.1 Å². The van der Waals surface area contributed by atoms with Gasteiger partial charge in [-0.25, -0.2) is 4.98 Å². The van der Waals surface area contributed by atoms with Crippen molar-refractivity contribution in [1.29, 1.82) is 0 Å². The van der Waals surface area contributed by atoms with Crippen LogP contribution in [0.5, 0.6) is 0 Å². The van der Waals surface area contributed by atoms with Crippen LogP contribution in [0.3, 0.4) is 0 Å². The second kappa shape index (κ2) is 7.84. The number of thiazole rings is 1. The quantitative estimate of drug-likeness (QED) is 0.264. The summed E-state index contributed by atoms with van der Waals surface area (Å²) in [6, 6.07) is 27.5. The minimum Gasteiger partial charge on any atom is -0.268 e. The van der Waals surface area contributed by atoms with Crippen LogP contribution >= 0.6 is 22.9 Å².